The molecule has 1 heterocycles. The Morgan fingerprint density at radius 2 is 2.20 bits per heavy atom. The van der Waals surface area contributed by atoms with E-state index in [0.29, 0.717) is 5.92 Å². The van der Waals surface area contributed by atoms with Gasteiger partial charge >= 0.3 is 0 Å². The van der Waals surface area contributed by atoms with E-state index in [1.165, 1.54) is 0 Å². The summed E-state index contributed by atoms with van der Waals surface area (Å²) in [6.45, 7) is 9.80. The van der Waals surface area contributed by atoms with Crippen LogP contribution >= 0.6 is 15.9 Å². The molecule has 0 spiro atoms. The van der Waals surface area contributed by atoms with E-state index in [-0.39, 0.29) is 5.41 Å². The summed E-state index contributed by atoms with van der Waals surface area (Å²) in [5.74, 6) is 1.71. The van der Waals surface area contributed by atoms with Crippen LogP contribution in [0.4, 0.5) is 0 Å². The smallest absolute Gasteiger partial charge is 0.138 e. The Morgan fingerprint density at radius 1 is 1.53 bits per heavy atom. The first-order valence-corrected chi connectivity index (χ1v) is 6.58. The maximum atomic E-state index is 4.33. The second-order valence-corrected chi connectivity index (χ2v) is 5.17. The van der Waals surface area contributed by atoms with Gasteiger partial charge in [0.15, 0.2) is 0 Å². The van der Waals surface area contributed by atoms with Gasteiger partial charge in [-0.25, -0.2) is 4.98 Å². The monoisotopic (exact) mass is 273 g/mol. The van der Waals surface area contributed by atoms with Crippen LogP contribution in [0.15, 0.2) is 6.33 Å². The van der Waals surface area contributed by atoms with Crippen molar-refractivity contribution in [1.29, 1.82) is 0 Å². The summed E-state index contributed by atoms with van der Waals surface area (Å²) in [5.41, 5.74) is 0.250. The number of aryl methyl sites for hydroxylation is 1. The van der Waals surface area contributed by atoms with Crippen LogP contribution in [0.3, 0.4) is 0 Å². The average molecular weight is 274 g/mol. The van der Waals surface area contributed by atoms with Crippen molar-refractivity contribution in [3.63, 3.8) is 0 Å². The highest BCUT2D eigenvalue weighted by Crippen LogP contribution is 2.32. The summed E-state index contributed by atoms with van der Waals surface area (Å²) < 4.78 is 1.98. The highest BCUT2D eigenvalue weighted by atomic mass is 79.9. The van der Waals surface area contributed by atoms with Crippen LogP contribution < -0.4 is 0 Å². The van der Waals surface area contributed by atoms with Crippen molar-refractivity contribution in [3.05, 3.63) is 12.2 Å². The summed E-state index contributed by atoms with van der Waals surface area (Å²) >= 11 is 3.61. The molecule has 0 aliphatic heterocycles. The van der Waals surface area contributed by atoms with Crippen molar-refractivity contribution in [2.75, 3.05) is 5.33 Å². The van der Waals surface area contributed by atoms with E-state index in [1.807, 2.05) is 4.68 Å². The van der Waals surface area contributed by atoms with Crippen molar-refractivity contribution in [3.8, 4) is 0 Å². The van der Waals surface area contributed by atoms with Crippen LogP contribution in [-0.2, 0) is 13.0 Å². The second-order valence-electron chi connectivity index (χ2n) is 4.61. The Morgan fingerprint density at radius 3 is 2.67 bits per heavy atom. The first kappa shape index (κ1) is 12.7. The fourth-order valence-corrected chi connectivity index (χ4v) is 2.30. The SMILES string of the molecule is CCn1ncnc1CC(C)(CBr)C(C)C. The third kappa shape index (κ3) is 2.80. The molecule has 15 heavy (non-hydrogen) atoms. The van der Waals surface area contributed by atoms with Gasteiger partial charge in [-0.05, 0) is 18.3 Å². The number of hydrogen-bond acceptors (Lipinski definition) is 2. The molecular weight excluding hydrogens is 254 g/mol. The van der Waals surface area contributed by atoms with Gasteiger partial charge in [0, 0.05) is 18.3 Å². The van der Waals surface area contributed by atoms with Crippen molar-refractivity contribution < 1.29 is 0 Å². The fraction of sp³-hybridized carbons (Fsp3) is 0.818. The minimum atomic E-state index is 0.250. The van der Waals surface area contributed by atoms with Gasteiger partial charge in [-0.1, -0.05) is 36.7 Å². The number of rotatable bonds is 5. The van der Waals surface area contributed by atoms with Gasteiger partial charge in [0.25, 0.3) is 0 Å². The molecule has 0 aliphatic rings. The van der Waals surface area contributed by atoms with Crippen LogP contribution in [0.25, 0.3) is 0 Å². The van der Waals surface area contributed by atoms with Crippen LogP contribution in [-0.4, -0.2) is 20.1 Å². The highest BCUT2D eigenvalue weighted by Gasteiger charge is 2.29. The molecule has 1 aromatic heterocycles. The maximum absolute atomic E-state index is 4.33. The summed E-state index contributed by atoms with van der Waals surface area (Å²) in [5, 5.41) is 5.20. The van der Waals surface area contributed by atoms with Crippen molar-refractivity contribution in [2.45, 2.75) is 40.7 Å². The van der Waals surface area contributed by atoms with Gasteiger partial charge < -0.3 is 0 Å². The molecule has 0 bridgehead atoms. The molecule has 0 saturated heterocycles. The molecule has 4 heteroatoms. The lowest BCUT2D eigenvalue weighted by Gasteiger charge is -2.31. The predicted molar refractivity (Wildman–Crippen MR) is 66.1 cm³/mol. The van der Waals surface area contributed by atoms with E-state index in [9.17, 15) is 0 Å². The lowest BCUT2D eigenvalue weighted by Crippen LogP contribution is -2.29. The molecule has 86 valence electrons. The van der Waals surface area contributed by atoms with Crippen molar-refractivity contribution in [2.24, 2.45) is 11.3 Å². The zero-order valence-electron chi connectivity index (χ0n) is 10.00. The van der Waals surface area contributed by atoms with E-state index < -0.39 is 0 Å². The average Bonchev–Trinajstić information content (AvgIpc) is 2.64. The molecule has 0 aliphatic carbocycles. The number of nitrogens with zero attached hydrogens (tertiary/aromatic N) is 3. The first-order valence-electron chi connectivity index (χ1n) is 5.46. The standard InChI is InChI=1S/C11H20BrN3/c1-5-15-10(13-8-14-15)6-11(4,7-12)9(2)3/h8-9H,5-7H2,1-4H3. The summed E-state index contributed by atoms with van der Waals surface area (Å²) in [6, 6.07) is 0. The van der Waals surface area contributed by atoms with E-state index in [2.05, 4.69) is 53.7 Å². The first-order chi connectivity index (χ1) is 7.03. The normalized spacial score (nSPS) is 15.6. The summed E-state index contributed by atoms with van der Waals surface area (Å²) in [7, 11) is 0. The highest BCUT2D eigenvalue weighted by molar-refractivity contribution is 9.09. The van der Waals surface area contributed by atoms with Gasteiger partial charge in [-0.3, -0.25) is 4.68 Å². The Balaban J connectivity index is 2.83. The number of hydrogen-bond donors (Lipinski definition) is 0. The Kier molecular flexibility index (Phi) is 4.32. The van der Waals surface area contributed by atoms with Crippen LogP contribution in [0.2, 0.25) is 0 Å². The molecule has 1 aromatic rings. The zero-order valence-corrected chi connectivity index (χ0v) is 11.6. The molecule has 0 amide bonds. The molecule has 1 atom stereocenters. The molecule has 1 rings (SSSR count). The zero-order chi connectivity index (χ0) is 11.5. The summed E-state index contributed by atoms with van der Waals surface area (Å²) in [6.07, 6.45) is 2.62. The quantitative estimate of drug-likeness (QED) is 0.773. The van der Waals surface area contributed by atoms with Crippen molar-refractivity contribution >= 4 is 15.9 Å². The lowest BCUT2D eigenvalue weighted by atomic mass is 9.78. The Bertz CT molecular complexity index is 309. The lowest BCUT2D eigenvalue weighted by molar-refractivity contribution is 0.249. The topological polar surface area (TPSA) is 30.7 Å². The van der Waals surface area contributed by atoms with Gasteiger partial charge in [0.2, 0.25) is 0 Å². The third-order valence-corrected chi connectivity index (χ3v) is 4.54. The largest absolute Gasteiger partial charge is 0.250 e. The third-order valence-electron chi connectivity index (χ3n) is 3.26. The fourth-order valence-electron chi connectivity index (χ4n) is 1.46. The van der Waals surface area contributed by atoms with Gasteiger partial charge in [0.1, 0.15) is 12.2 Å². The van der Waals surface area contributed by atoms with E-state index >= 15 is 0 Å². The van der Waals surface area contributed by atoms with Crippen LogP contribution in [0, 0.1) is 11.3 Å². The molecule has 0 saturated carbocycles. The summed E-state index contributed by atoms with van der Waals surface area (Å²) in [4.78, 5) is 4.33. The van der Waals surface area contributed by atoms with Crippen LogP contribution in [0.1, 0.15) is 33.5 Å². The maximum Gasteiger partial charge on any atom is 0.138 e. The second kappa shape index (κ2) is 5.10. The molecule has 0 fully saturated rings. The molecule has 0 aromatic carbocycles. The van der Waals surface area contributed by atoms with E-state index in [1.54, 1.807) is 6.33 Å². The molecule has 3 nitrogen and oxygen atoms in total. The van der Waals surface area contributed by atoms with E-state index in [0.717, 1.165) is 24.1 Å². The molecular formula is C11H20BrN3. The van der Waals surface area contributed by atoms with Gasteiger partial charge in [-0.15, -0.1) is 0 Å². The molecule has 0 radical (unpaired) electrons. The number of aromatic nitrogens is 3. The Labute approximate surface area is 100 Å². The van der Waals surface area contributed by atoms with E-state index in [4.69, 9.17) is 0 Å². The predicted octanol–water partition coefficient (Wildman–Crippen LogP) is 2.90. The minimum Gasteiger partial charge on any atom is -0.250 e. The molecule has 1 unspecified atom stereocenters. The number of alkyl halides is 1. The van der Waals surface area contributed by atoms with Crippen molar-refractivity contribution in [1.82, 2.24) is 14.8 Å². The van der Waals surface area contributed by atoms with Gasteiger partial charge in [-0.2, -0.15) is 5.10 Å². The van der Waals surface area contributed by atoms with Crippen LogP contribution in [0.5, 0.6) is 0 Å². The number of halogens is 1. The van der Waals surface area contributed by atoms with Gasteiger partial charge in [0.05, 0.1) is 0 Å². The minimum absolute atomic E-state index is 0.250. The Hall–Kier alpha value is -0.380. The molecule has 0 N–H and O–H groups in total.